The van der Waals surface area contributed by atoms with Crippen LogP contribution in [0.5, 0.6) is 0 Å². The van der Waals surface area contributed by atoms with Crippen LogP contribution >= 0.6 is 0 Å². The summed E-state index contributed by atoms with van der Waals surface area (Å²) in [4.78, 5) is 0. The van der Waals surface area contributed by atoms with Crippen molar-refractivity contribution >= 4 is 0 Å². The molecule has 6 heavy (non-hydrogen) atoms. The minimum atomic E-state index is -3.08. The van der Waals surface area contributed by atoms with Gasteiger partial charge in [-0.1, -0.05) is 0 Å². The normalized spacial score (nSPS) is 6.00. The first-order valence-electron chi connectivity index (χ1n) is 0.567. The van der Waals surface area contributed by atoms with Gasteiger partial charge in [-0.3, -0.25) is 0 Å². The molecule has 0 nitrogen and oxygen atoms in total. The molecule has 0 aliphatic heterocycles. The van der Waals surface area contributed by atoms with Gasteiger partial charge < -0.3 is 12.4 Å². The molecule has 0 amide bonds. The smallest absolute Gasteiger partial charge is 0.487 e. The van der Waals surface area contributed by atoms with Gasteiger partial charge in [0.2, 0.25) is 0 Å². The molecule has 0 atom stereocenters. The van der Waals surface area contributed by atoms with E-state index >= 15 is 0 Å². The Hall–Kier alpha value is 0.599. The molecule has 0 aromatic rings. The first-order valence-corrected chi connectivity index (χ1v) is 0.567. The van der Waals surface area contributed by atoms with Crippen LogP contribution in [0.2, 0.25) is 0 Å². The molecule has 0 aliphatic carbocycles. The van der Waals surface area contributed by atoms with Crippen LogP contribution in [0.3, 0.4) is 0 Å². The third kappa shape index (κ3) is 166. The second-order valence-electron chi connectivity index (χ2n) is 0.214. The van der Waals surface area contributed by atoms with E-state index in [4.69, 9.17) is 0 Å². The van der Waals surface area contributed by atoms with Crippen molar-refractivity contribution in [1.82, 2.24) is 0 Å². The fourth-order valence-electron chi connectivity index (χ4n) is 0. The zero-order valence-corrected chi connectivity index (χ0v) is 4.33. The van der Waals surface area contributed by atoms with Crippen LogP contribution in [0.25, 0.3) is 0 Å². The summed E-state index contributed by atoms with van der Waals surface area (Å²) < 4.78 is 28.8. The van der Waals surface area contributed by atoms with Gasteiger partial charge in [-0.15, -0.1) is 0 Å². The van der Waals surface area contributed by atoms with E-state index in [2.05, 4.69) is 0 Å². The molecular weight excluding hydrogens is 159 g/mol. The molecule has 5 heteroatoms. The van der Waals surface area contributed by atoms with Gasteiger partial charge >= 0.3 is 6.68 Å². The molecule has 0 heterocycles. The van der Waals surface area contributed by atoms with Crippen LogP contribution < -0.4 is 12.4 Å². The summed E-state index contributed by atoms with van der Waals surface area (Å²) >= 11 is 0. The summed E-state index contributed by atoms with van der Waals surface area (Å²) in [5.41, 5.74) is 0. The summed E-state index contributed by atoms with van der Waals surface area (Å²) in [6.45, 7) is -3.08. The molecule has 0 saturated carbocycles. The molecule has 0 rings (SSSR count). The van der Waals surface area contributed by atoms with E-state index in [1.54, 1.807) is 0 Å². The molecule has 0 saturated heterocycles. The van der Waals surface area contributed by atoms with E-state index in [9.17, 15) is 13.2 Å². The molecule has 0 unspecified atom stereocenters. The maximum atomic E-state index is 9.58. The van der Waals surface area contributed by atoms with Gasteiger partial charge in [0.25, 0.3) is 0 Å². The van der Waals surface area contributed by atoms with Gasteiger partial charge in [-0.25, -0.2) is 0 Å². The maximum absolute atomic E-state index is 9.58. The summed E-state index contributed by atoms with van der Waals surface area (Å²) in [5.74, 6) is 0. The number of halogens is 4. The molecule has 0 aromatic carbocycles. The second-order valence-corrected chi connectivity index (χ2v) is 0.214. The predicted molar refractivity (Wildman–Crippen MR) is 6.57 cm³/mol. The summed E-state index contributed by atoms with van der Waals surface area (Å²) in [6, 6.07) is 0. The Morgan fingerprint density at radius 3 is 1.00 bits per heavy atom. The molecule has 0 bridgehead atoms. The largest absolute Gasteiger partial charge is 1.00 e. The van der Waals surface area contributed by atoms with Crippen LogP contribution in [0.1, 0.15) is 0 Å². The Kier molecular flexibility index (Phi) is 24.3. The molecule has 0 aromatic heterocycles. The molecular formula is CClF3Mn-. The third-order valence-electron chi connectivity index (χ3n) is 0. The molecule has 2 radical (unpaired) electrons. The Morgan fingerprint density at radius 1 is 1.00 bits per heavy atom. The quantitative estimate of drug-likeness (QED) is 0.371. The third-order valence-corrected chi connectivity index (χ3v) is 0. The minimum Gasteiger partial charge on any atom is -1.00 e. The molecule has 0 N–H and O–H groups in total. The summed E-state index contributed by atoms with van der Waals surface area (Å²) in [5, 5.41) is 0. The van der Waals surface area contributed by atoms with Crippen molar-refractivity contribution in [3.63, 3.8) is 0 Å². The number of rotatable bonds is 0. The van der Waals surface area contributed by atoms with Gasteiger partial charge in [0.15, 0.2) is 0 Å². The summed E-state index contributed by atoms with van der Waals surface area (Å²) in [6.07, 6.45) is 0. The predicted octanol–water partition coefficient (Wildman–Crippen LogP) is -1.66. The van der Waals surface area contributed by atoms with Crippen LogP contribution in [-0.4, -0.2) is 0 Å². The fraction of sp³-hybridized carbons (Fsp3) is 0. The first kappa shape index (κ1) is 16.0. The van der Waals surface area contributed by atoms with Gasteiger partial charge in [-0.2, -0.15) is 13.2 Å². The van der Waals surface area contributed by atoms with Crippen molar-refractivity contribution < 1.29 is 42.6 Å². The van der Waals surface area contributed by atoms with E-state index in [-0.39, 0.29) is 29.5 Å². The van der Waals surface area contributed by atoms with E-state index < -0.39 is 6.68 Å². The Bertz CT molecular complexity index is 15.5. The standard InChI is InChI=1S/CF3.ClH.Mn/c2-1(3)4;;/h;1H;/p-1. The average Bonchev–Trinajstić information content (AvgIpc) is 0.811. The van der Waals surface area contributed by atoms with Crippen molar-refractivity contribution in [1.29, 1.82) is 0 Å². The van der Waals surface area contributed by atoms with Crippen molar-refractivity contribution in [3.05, 3.63) is 6.68 Å². The Balaban J connectivity index is -0.0000000450. The van der Waals surface area contributed by atoms with Crippen molar-refractivity contribution in [2.24, 2.45) is 0 Å². The topological polar surface area (TPSA) is 0 Å². The van der Waals surface area contributed by atoms with Crippen molar-refractivity contribution in [3.8, 4) is 0 Å². The Labute approximate surface area is 50.0 Å². The molecule has 0 fully saturated rings. The molecule has 0 aliphatic rings. The van der Waals surface area contributed by atoms with E-state index in [0.717, 1.165) is 0 Å². The monoisotopic (exact) mass is 159 g/mol. The Morgan fingerprint density at radius 2 is 1.00 bits per heavy atom. The van der Waals surface area contributed by atoms with E-state index in [1.165, 1.54) is 0 Å². The second kappa shape index (κ2) is 9.14. The van der Waals surface area contributed by atoms with E-state index in [0.29, 0.717) is 0 Å². The summed E-state index contributed by atoms with van der Waals surface area (Å²) in [7, 11) is 0. The van der Waals surface area contributed by atoms with Crippen LogP contribution in [0.4, 0.5) is 13.2 Å². The zero-order valence-electron chi connectivity index (χ0n) is 2.39. The van der Waals surface area contributed by atoms with Crippen LogP contribution in [0.15, 0.2) is 0 Å². The number of hydrogen-bond acceptors (Lipinski definition) is 0. The van der Waals surface area contributed by atoms with E-state index in [1.807, 2.05) is 0 Å². The fourth-order valence-corrected chi connectivity index (χ4v) is 0. The van der Waals surface area contributed by atoms with Crippen molar-refractivity contribution in [2.75, 3.05) is 0 Å². The SMILES string of the molecule is F[C](F)F.[Cl-].[Mn]. The van der Waals surface area contributed by atoms with Gasteiger partial charge in [0.1, 0.15) is 0 Å². The first-order chi connectivity index (χ1) is 1.73. The maximum Gasteiger partial charge on any atom is 0.487 e. The van der Waals surface area contributed by atoms with Crippen LogP contribution in [-0.2, 0) is 17.1 Å². The molecule has 40 valence electrons. The number of hydrogen-bond donors (Lipinski definition) is 0. The average molecular weight is 159 g/mol. The van der Waals surface area contributed by atoms with Crippen LogP contribution in [0, 0.1) is 6.68 Å². The van der Waals surface area contributed by atoms with Gasteiger partial charge in [-0.05, 0) is 0 Å². The van der Waals surface area contributed by atoms with Gasteiger partial charge in [0.05, 0.1) is 0 Å². The minimum absolute atomic E-state index is 0. The van der Waals surface area contributed by atoms with Crippen molar-refractivity contribution in [2.45, 2.75) is 0 Å². The molecule has 0 spiro atoms. The zero-order chi connectivity index (χ0) is 3.58. The van der Waals surface area contributed by atoms with Gasteiger partial charge in [0, 0.05) is 17.1 Å².